The highest BCUT2D eigenvalue weighted by atomic mass is 32.2. The van der Waals surface area contributed by atoms with Gasteiger partial charge in [-0.3, -0.25) is 9.59 Å². The van der Waals surface area contributed by atoms with E-state index in [1.807, 2.05) is 24.3 Å². The first-order chi connectivity index (χ1) is 15.7. The van der Waals surface area contributed by atoms with Crippen molar-refractivity contribution in [1.29, 1.82) is 0 Å². The lowest BCUT2D eigenvalue weighted by Gasteiger charge is -2.60. The minimum atomic E-state index is -1.37. The molecule has 5 rings (SSSR count). The highest BCUT2D eigenvalue weighted by Crippen LogP contribution is 2.67. The molecule has 0 aromatic heterocycles. The minimum absolute atomic E-state index is 0.0787. The summed E-state index contributed by atoms with van der Waals surface area (Å²) in [6, 6.07) is 10.1. The van der Waals surface area contributed by atoms with Crippen molar-refractivity contribution >= 4 is 23.3 Å². The predicted molar refractivity (Wildman–Crippen MR) is 131 cm³/mol. The SMILES string of the molecule is CC12CCC(=O)C=C1CCC1C2[C@@H](O)CC2(C)C1CC[C@]2(O)C(=O)CSCc1ccccc1. The second kappa shape index (κ2) is 8.35. The number of aliphatic hydroxyl groups is 2. The fourth-order valence-corrected chi connectivity index (χ4v) is 9.06. The van der Waals surface area contributed by atoms with Crippen LogP contribution in [0.3, 0.4) is 0 Å². The summed E-state index contributed by atoms with van der Waals surface area (Å²) in [5.41, 5.74) is 0.282. The molecule has 33 heavy (non-hydrogen) atoms. The van der Waals surface area contributed by atoms with Crippen molar-refractivity contribution in [2.24, 2.45) is 28.6 Å². The average Bonchev–Trinajstić information content (AvgIpc) is 3.06. The third-order valence-electron chi connectivity index (χ3n) is 9.85. The maximum atomic E-state index is 13.4. The zero-order valence-corrected chi connectivity index (χ0v) is 20.6. The number of thioether (sulfide) groups is 1. The molecule has 5 unspecified atom stereocenters. The summed E-state index contributed by atoms with van der Waals surface area (Å²) in [4.78, 5) is 25.5. The fraction of sp³-hybridized carbons (Fsp3) is 0.643. The molecule has 7 atom stereocenters. The van der Waals surface area contributed by atoms with Gasteiger partial charge in [0.05, 0.1) is 11.9 Å². The lowest BCUT2D eigenvalue weighted by Crippen LogP contribution is -2.61. The number of allylic oxidation sites excluding steroid dienone is 1. The summed E-state index contributed by atoms with van der Waals surface area (Å²) in [6.45, 7) is 4.29. The Morgan fingerprint density at radius 1 is 1.12 bits per heavy atom. The standard InChI is InChI=1S/C28H36O4S/c1-26-12-10-20(29)14-19(26)8-9-21-22-11-13-28(32,27(22,2)15-23(30)25(21)26)24(31)17-33-16-18-6-4-3-5-7-18/h3-7,14,21-23,25,30,32H,8-13,15-17H2,1-2H3/t21?,22?,23-,25?,26?,27?,28-/m0/s1. The monoisotopic (exact) mass is 468 g/mol. The van der Waals surface area contributed by atoms with E-state index >= 15 is 0 Å². The highest BCUT2D eigenvalue weighted by molar-refractivity contribution is 7.99. The fourth-order valence-electron chi connectivity index (χ4n) is 8.11. The highest BCUT2D eigenvalue weighted by Gasteiger charge is 2.68. The molecule has 4 aliphatic rings. The lowest BCUT2D eigenvalue weighted by atomic mass is 9.45. The van der Waals surface area contributed by atoms with Gasteiger partial charge in [-0.2, -0.15) is 0 Å². The number of carbonyl (C=O) groups excluding carboxylic acids is 2. The average molecular weight is 469 g/mol. The molecule has 1 aromatic rings. The number of hydrogen-bond donors (Lipinski definition) is 2. The van der Waals surface area contributed by atoms with Gasteiger partial charge in [0, 0.05) is 17.6 Å². The van der Waals surface area contributed by atoms with Crippen LogP contribution in [0.5, 0.6) is 0 Å². The first-order valence-corrected chi connectivity index (χ1v) is 13.6. The summed E-state index contributed by atoms with van der Waals surface area (Å²) < 4.78 is 0. The molecule has 0 heterocycles. The van der Waals surface area contributed by atoms with Gasteiger partial charge in [0.25, 0.3) is 0 Å². The molecule has 0 amide bonds. The first-order valence-electron chi connectivity index (χ1n) is 12.5. The van der Waals surface area contributed by atoms with E-state index in [4.69, 9.17) is 0 Å². The van der Waals surface area contributed by atoms with Crippen molar-refractivity contribution < 1.29 is 19.8 Å². The molecule has 0 spiro atoms. The van der Waals surface area contributed by atoms with Crippen molar-refractivity contribution in [3.63, 3.8) is 0 Å². The molecular formula is C28H36O4S. The maximum absolute atomic E-state index is 13.4. The number of Topliss-reactive ketones (excluding diaryl/α,β-unsaturated/α-hetero) is 1. The number of rotatable bonds is 5. The van der Waals surface area contributed by atoms with E-state index in [1.54, 1.807) is 11.8 Å². The van der Waals surface area contributed by atoms with Crippen LogP contribution in [0.2, 0.25) is 0 Å². The third kappa shape index (κ3) is 3.57. The Morgan fingerprint density at radius 3 is 2.64 bits per heavy atom. The van der Waals surface area contributed by atoms with Gasteiger partial charge in [0.2, 0.25) is 0 Å². The molecule has 0 aliphatic heterocycles. The number of benzene rings is 1. The van der Waals surface area contributed by atoms with Gasteiger partial charge in [0.1, 0.15) is 5.60 Å². The first kappa shape index (κ1) is 23.3. The Labute approximate surface area is 201 Å². The van der Waals surface area contributed by atoms with Crippen molar-refractivity contribution in [1.82, 2.24) is 0 Å². The second-order valence-corrected chi connectivity index (χ2v) is 12.4. The smallest absolute Gasteiger partial charge is 0.174 e. The normalized spacial score (nSPS) is 42.2. The minimum Gasteiger partial charge on any atom is -0.393 e. The van der Waals surface area contributed by atoms with E-state index in [-0.39, 0.29) is 34.7 Å². The van der Waals surface area contributed by atoms with E-state index in [2.05, 4.69) is 26.0 Å². The molecule has 0 radical (unpaired) electrons. The summed E-state index contributed by atoms with van der Waals surface area (Å²) in [5.74, 6) is 1.80. The van der Waals surface area contributed by atoms with E-state index in [0.29, 0.717) is 25.0 Å². The topological polar surface area (TPSA) is 74.6 Å². The molecule has 178 valence electrons. The summed E-state index contributed by atoms with van der Waals surface area (Å²) in [5, 5.41) is 23.3. The molecule has 3 saturated carbocycles. The van der Waals surface area contributed by atoms with Crippen LogP contribution in [0.15, 0.2) is 42.0 Å². The Bertz CT molecular complexity index is 973. The van der Waals surface area contributed by atoms with Crippen molar-refractivity contribution in [3.05, 3.63) is 47.5 Å². The Balaban J connectivity index is 1.35. The van der Waals surface area contributed by atoms with E-state index < -0.39 is 17.1 Å². The van der Waals surface area contributed by atoms with Crippen LogP contribution in [0.4, 0.5) is 0 Å². The van der Waals surface area contributed by atoms with Crippen molar-refractivity contribution in [2.75, 3.05) is 5.75 Å². The number of hydrogen-bond acceptors (Lipinski definition) is 5. The lowest BCUT2D eigenvalue weighted by molar-refractivity contribution is -0.178. The molecule has 5 heteroatoms. The Kier molecular flexibility index (Phi) is 5.90. The van der Waals surface area contributed by atoms with Crippen LogP contribution in [-0.2, 0) is 15.3 Å². The molecule has 1 aromatic carbocycles. The molecule has 4 nitrogen and oxygen atoms in total. The number of aliphatic hydroxyl groups excluding tert-OH is 1. The summed E-state index contributed by atoms with van der Waals surface area (Å²) in [7, 11) is 0. The number of ketones is 2. The number of carbonyl (C=O) groups is 2. The van der Waals surface area contributed by atoms with Crippen LogP contribution in [-0.4, -0.2) is 39.2 Å². The van der Waals surface area contributed by atoms with Crippen molar-refractivity contribution in [3.8, 4) is 0 Å². The van der Waals surface area contributed by atoms with Crippen molar-refractivity contribution in [2.45, 2.75) is 76.3 Å². The van der Waals surface area contributed by atoms with Gasteiger partial charge in [-0.05, 0) is 73.3 Å². The maximum Gasteiger partial charge on any atom is 0.174 e. The zero-order chi connectivity index (χ0) is 23.4. The quantitative estimate of drug-likeness (QED) is 0.654. The van der Waals surface area contributed by atoms with Crippen LogP contribution >= 0.6 is 11.8 Å². The van der Waals surface area contributed by atoms with Gasteiger partial charge < -0.3 is 10.2 Å². The second-order valence-electron chi connectivity index (χ2n) is 11.4. The number of fused-ring (bicyclic) bond motifs is 5. The van der Waals surface area contributed by atoms with Gasteiger partial charge >= 0.3 is 0 Å². The predicted octanol–water partition coefficient (Wildman–Crippen LogP) is 4.72. The van der Waals surface area contributed by atoms with Gasteiger partial charge in [-0.25, -0.2) is 0 Å². The molecule has 3 fully saturated rings. The van der Waals surface area contributed by atoms with Gasteiger partial charge in [-0.1, -0.05) is 49.8 Å². The molecular weight excluding hydrogens is 432 g/mol. The molecule has 0 bridgehead atoms. The van der Waals surface area contributed by atoms with Crippen LogP contribution < -0.4 is 0 Å². The largest absolute Gasteiger partial charge is 0.393 e. The Hall–Kier alpha value is -1.43. The van der Waals surface area contributed by atoms with Gasteiger partial charge in [0.15, 0.2) is 11.6 Å². The van der Waals surface area contributed by atoms with E-state index in [9.17, 15) is 19.8 Å². The molecule has 4 aliphatic carbocycles. The zero-order valence-electron chi connectivity index (χ0n) is 19.8. The van der Waals surface area contributed by atoms with E-state index in [0.717, 1.165) is 31.4 Å². The molecule has 0 saturated heterocycles. The van der Waals surface area contributed by atoms with Gasteiger partial charge in [-0.15, -0.1) is 11.8 Å². The van der Waals surface area contributed by atoms with Crippen LogP contribution in [0, 0.1) is 28.6 Å². The third-order valence-corrected chi connectivity index (χ3v) is 10.9. The van der Waals surface area contributed by atoms with Crippen LogP contribution in [0.1, 0.15) is 64.4 Å². The van der Waals surface area contributed by atoms with E-state index in [1.165, 1.54) is 11.1 Å². The van der Waals surface area contributed by atoms with Crippen LogP contribution in [0.25, 0.3) is 0 Å². The molecule has 2 N–H and O–H groups in total. The summed E-state index contributed by atoms with van der Waals surface area (Å²) >= 11 is 1.56. The summed E-state index contributed by atoms with van der Waals surface area (Å²) in [6.07, 6.45) is 6.26. The Morgan fingerprint density at radius 2 is 1.88 bits per heavy atom.